The van der Waals surface area contributed by atoms with Crippen LogP contribution in [0.2, 0.25) is 0 Å². The fraction of sp³-hybridized carbons (Fsp3) is 0.286. The van der Waals surface area contributed by atoms with Crippen molar-refractivity contribution >= 4 is 39.7 Å². The third-order valence-corrected chi connectivity index (χ3v) is 7.02. The van der Waals surface area contributed by atoms with Crippen LogP contribution in [0.1, 0.15) is 23.6 Å². The molecule has 3 nitrogen and oxygen atoms in total. The molecule has 1 aromatic heterocycles. The van der Waals surface area contributed by atoms with E-state index in [0.717, 1.165) is 16.8 Å². The number of fused-ring (bicyclic) bond motifs is 4. The number of thiophene rings is 1. The molecule has 0 radical (unpaired) electrons. The molecule has 0 aliphatic carbocycles. The second-order valence-corrected chi connectivity index (χ2v) is 8.70. The van der Waals surface area contributed by atoms with E-state index in [2.05, 4.69) is 75.2 Å². The Hall–Kier alpha value is -2.33. The van der Waals surface area contributed by atoms with Gasteiger partial charge in [-0.15, -0.1) is 11.3 Å². The highest BCUT2D eigenvalue weighted by Gasteiger charge is 2.59. The fourth-order valence-electron chi connectivity index (χ4n) is 4.20. The lowest BCUT2D eigenvalue weighted by Crippen LogP contribution is -2.61. The normalized spacial score (nSPS) is 23.0. The van der Waals surface area contributed by atoms with Gasteiger partial charge in [0.25, 0.3) is 0 Å². The Morgan fingerprint density at radius 1 is 1.12 bits per heavy atom. The summed E-state index contributed by atoms with van der Waals surface area (Å²) >= 11 is 1.86. The van der Waals surface area contributed by atoms with Crippen LogP contribution in [0.4, 0.5) is 11.4 Å². The first-order valence-corrected chi connectivity index (χ1v) is 9.36. The summed E-state index contributed by atoms with van der Waals surface area (Å²) in [5.41, 5.74) is 1.42. The van der Waals surface area contributed by atoms with Gasteiger partial charge in [0.05, 0.1) is 17.3 Å². The molecule has 1 unspecified atom stereocenters. The maximum absolute atomic E-state index is 6.68. The van der Waals surface area contributed by atoms with E-state index < -0.39 is 5.72 Å². The average molecular weight is 348 g/mol. The third kappa shape index (κ3) is 1.73. The molecule has 25 heavy (non-hydrogen) atoms. The summed E-state index contributed by atoms with van der Waals surface area (Å²) in [6.07, 6.45) is 2.00. The van der Waals surface area contributed by atoms with Crippen molar-refractivity contribution in [1.29, 1.82) is 0 Å². The van der Waals surface area contributed by atoms with E-state index in [4.69, 9.17) is 9.73 Å². The van der Waals surface area contributed by atoms with E-state index in [0.29, 0.717) is 0 Å². The molecule has 1 atom stereocenters. The van der Waals surface area contributed by atoms with E-state index in [1.54, 1.807) is 0 Å². The van der Waals surface area contributed by atoms with Crippen LogP contribution in [0.25, 0.3) is 10.8 Å². The largest absolute Gasteiger partial charge is 0.459 e. The summed E-state index contributed by atoms with van der Waals surface area (Å²) in [5.74, 6) is 0.855. The van der Waals surface area contributed by atoms with Crippen LogP contribution in [0.15, 0.2) is 47.5 Å². The smallest absolute Gasteiger partial charge is 0.229 e. The first-order chi connectivity index (χ1) is 11.9. The van der Waals surface area contributed by atoms with Crippen molar-refractivity contribution in [3.63, 3.8) is 0 Å². The number of nitrogens with zero attached hydrogens (tertiary/aromatic N) is 2. The maximum atomic E-state index is 6.68. The highest BCUT2D eigenvalue weighted by molar-refractivity contribution is 7.12. The summed E-state index contributed by atoms with van der Waals surface area (Å²) in [4.78, 5) is 9.84. The molecule has 0 amide bonds. The van der Waals surface area contributed by atoms with E-state index in [-0.39, 0.29) is 5.41 Å². The molecule has 4 heteroatoms. The molecule has 0 N–H and O–H groups in total. The van der Waals surface area contributed by atoms with Crippen molar-refractivity contribution in [2.24, 2.45) is 4.99 Å². The number of aliphatic imine (C=N–C) groups is 1. The molecule has 3 aromatic rings. The highest BCUT2D eigenvalue weighted by atomic mass is 32.1. The summed E-state index contributed by atoms with van der Waals surface area (Å²) in [7, 11) is 2.11. The molecule has 2 aliphatic rings. The Labute approximate surface area is 151 Å². The van der Waals surface area contributed by atoms with Gasteiger partial charge in [-0.3, -0.25) is 4.99 Å². The lowest BCUT2D eigenvalue weighted by Gasteiger charge is -2.45. The minimum Gasteiger partial charge on any atom is -0.459 e. The van der Waals surface area contributed by atoms with Gasteiger partial charge in [-0.2, -0.15) is 0 Å². The highest BCUT2D eigenvalue weighted by Crippen LogP contribution is 2.56. The Balaban J connectivity index is 1.70. The lowest BCUT2D eigenvalue weighted by atomic mass is 9.82. The van der Waals surface area contributed by atoms with Gasteiger partial charge in [0.2, 0.25) is 5.72 Å². The minimum atomic E-state index is -0.586. The van der Waals surface area contributed by atoms with Crippen molar-refractivity contribution in [2.75, 3.05) is 11.9 Å². The van der Waals surface area contributed by atoms with Gasteiger partial charge in [-0.1, -0.05) is 30.3 Å². The molecule has 2 aliphatic heterocycles. The van der Waals surface area contributed by atoms with Gasteiger partial charge in [0, 0.05) is 22.2 Å². The summed E-state index contributed by atoms with van der Waals surface area (Å²) in [6.45, 7) is 6.67. The molecule has 0 saturated heterocycles. The predicted octanol–water partition coefficient (Wildman–Crippen LogP) is 5.43. The van der Waals surface area contributed by atoms with Crippen LogP contribution >= 0.6 is 11.3 Å². The van der Waals surface area contributed by atoms with Gasteiger partial charge in [0.15, 0.2) is 0 Å². The minimum absolute atomic E-state index is 0.178. The zero-order valence-corrected chi connectivity index (χ0v) is 15.6. The van der Waals surface area contributed by atoms with Gasteiger partial charge < -0.3 is 9.64 Å². The first-order valence-electron chi connectivity index (χ1n) is 8.55. The Kier molecular flexibility index (Phi) is 2.78. The molecular formula is C21H20N2OS. The van der Waals surface area contributed by atoms with Crippen molar-refractivity contribution < 1.29 is 4.74 Å². The van der Waals surface area contributed by atoms with Gasteiger partial charge >= 0.3 is 0 Å². The lowest BCUT2D eigenvalue weighted by molar-refractivity contribution is 0.0838. The molecule has 1 spiro atoms. The molecule has 5 rings (SSSR count). The van der Waals surface area contributed by atoms with Crippen molar-refractivity contribution in [3.8, 4) is 5.75 Å². The molecule has 2 aromatic carbocycles. The van der Waals surface area contributed by atoms with Crippen LogP contribution in [-0.4, -0.2) is 19.0 Å². The van der Waals surface area contributed by atoms with Crippen LogP contribution in [-0.2, 0) is 5.41 Å². The van der Waals surface area contributed by atoms with Crippen molar-refractivity contribution in [3.05, 3.63) is 52.2 Å². The Morgan fingerprint density at radius 3 is 2.72 bits per heavy atom. The monoisotopic (exact) mass is 348 g/mol. The Morgan fingerprint density at radius 2 is 1.92 bits per heavy atom. The second-order valence-electron chi connectivity index (χ2n) is 7.45. The van der Waals surface area contributed by atoms with E-state index >= 15 is 0 Å². The molecule has 0 bridgehead atoms. The molecule has 126 valence electrons. The number of rotatable bonds is 0. The SMILES string of the molecule is Cc1cc2c(s1)C(C)(C)C1(C=Nc3c(ccc4ccccc34)O1)N2C. The quantitative estimate of drug-likeness (QED) is 0.541. The van der Waals surface area contributed by atoms with Gasteiger partial charge in [-0.25, -0.2) is 0 Å². The zero-order valence-electron chi connectivity index (χ0n) is 14.8. The molecule has 0 fully saturated rings. The van der Waals surface area contributed by atoms with Crippen LogP contribution < -0.4 is 9.64 Å². The Bertz CT molecular complexity index is 1050. The van der Waals surface area contributed by atoms with E-state index in [1.807, 2.05) is 17.6 Å². The standard InChI is InChI=1S/C21H20N2OS/c1-13-11-16-19(25-13)20(2,3)21(23(16)4)12-22-18-15-8-6-5-7-14(15)9-10-17(18)24-21/h5-12H,1-4H3. The summed E-state index contributed by atoms with van der Waals surface area (Å²) < 4.78 is 6.68. The van der Waals surface area contributed by atoms with Gasteiger partial charge in [0.1, 0.15) is 11.4 Å². The first kappa shape index (κ1) is 15.0. The van der Waals surface area contributed by atoms with Crippen molar-refractivity contribution in [2.45, 2.75) is 31.9 Å². The predicted molar refractivity (Wildman–Crippen MR) is 106 cm³/mol. The number of hydrogen-bond acceptors (Lipinski definition) is 4. The molecular weight excluding hydrogens is 328 g/mol. The van der Waals surface area contributed by atoms with Gasteiger partial charge in [-0.05, 0) is 38.3 Å². The number of anilines is 1. The number of likely N-dealkylation sites (N-methyl/N-ethyl adjacent to an activating group) is 1. The number of benzene rings is 2. The summed E-state index contributed by atoms with van der Waals surface area (Å²) in [5, 5.41) is 2.32. The van der Waals surface area contributed by atoms with E-state index in [9.17, 15) is 0 Å². The topological polar surface area (TPSA) is 24.8 Å². The van der Waals surface area contributed by atoms with Crippen LogP contribution in [0.3, 0.4) is 0 Å². The number of hydrogen-bond donors (Lipinski definition) is 0. The summed E-state index contributed by atoms with van der Waals surface area (Å²) in [6, 6.07) is 14.7. The van der Waals surface area contributed by atoms with Crippen molar-refractivity contribution in [1.82, 2.24) is 0 Å². The van der Waals surface area contributed by atoms with Crippen LogP contribution in [0.5, 0.6) is 5.75 Å². The molecule has 3 heterocycles. The molecule has 0 saturated carbocycles. The average Bonchev–Trinajstić information content (AvgIpc) is 3.07. The number of ether oxygens (including phenoxy) is 1. The van der Waals surface area contributed by atoms with Crippen LogP contribution in [0, 0.1) is 6.92 Å². The second kappa shape index (κ2) is 4.64. The zero-order chi connectivity index (χ0) is 17.4. The van der Waals surface area contributed by atoms with E-state index in [1.165, 1.54) is 20.8 Å². The third-order valence-electron chi connectivity index (χ3n) is 5.66. The number of aryl methyl sites for hydroxylation is 1. The fourth-order valence-corrected chi connectivity index (χ4v) is 5.39. The maximum Gasteiger partial charge on any atom is 0.229 e.